The minimum Gasteiger partial charge on any atom is -0.399 e. The average molecular weight is 1880 g/mol. The first-order valence-electron chi connectivity index (χ1n) is 44.9. The molecule has 0 unspecified atom stereocenters. The number of nitrogens with zero attached hydrogens (tertiary/aromatic N) is 10. The Morgan fingerprint density at radius 1 is 0.326 bits per heavy atom. The molecule has 0 spiro atoms. The third-order valence-corrected chi connectivity index (χ3v) is 21.8. The van der Waals surface area contributed by atoms with Crippen molar-refractivity contribution in [3.8, 4) is 0 Å². The molecule has 0 aliphatic carbocycles. The van der Waals surface area contributed by atoms with E-state index in [9.17, 15) is 33.6 Å². The Labute approximate surface area is 818 Å². The molecule has 0 fully saturated rings. The van der Waals surface area contributed by atoms with Gasteiger partial charge in [0, 0.05) is 136 Å². The van der Waals surface area contributed by atoms with Crippen LogP contribution in [-0.4, -0.2) is 100 Å². The maximum absolute atomic E-state index is 13.1. The summed E-state index contributed by atoms with van der Waals surface area (Å²) in [5, 5.41) is 33.3. The first kappa shape index (κ1) is 101. The summed E-state index contributed by atoms with van der Waals surface area (Å²) in [6, 6.07) is 65.8. The van der Waals surface area contributed by atoms with Gasteiger partial charge in [0.2, 0.25) is 11.8 Å². The van der Waals surface area contributed by atoms with Gasteiger partial charge in [-0.1, -0.05) is 147 Å². The number of rotatable bonds is 32. The van der Waals surface area contributed by atoms with Crippen molar-refractivity contribution in [2.24, 2.45) is 0 Å². The lowest BCUT2D eigenvalue weighted by Crippen LogP contribution is -2.16. The zero-order valence-electron chi connectivity index (χ0n) is 80.0. The van der Waals surface area contributed by atoms with Crippen LogP contribution in [0.3, 0.4) is 0 Å². The molecule has 5 aromatic heterocycles. The van der Waals surface area contributed by atoms with Gasteiger partial charge in [-0.2, -0.15) is 0 Å². The van der Waals surface area contributed by atoms with Gasteiger partial charge in [0.25, 0.3) is 29.5 Å². The van der Waals surface area contributed by atoms with E-state index in [1.807, 2.05) is 231 Å². The Morgan fingerprint density at radius 2 is 0.652 bits per heavy atom. The second kappa shape index (κ2) is 48.6. The Morgan fingerprint density at radius 3 is 0.993 bits per heavy atom. The molecule has 0 atom stereocenters. The molecule has 10 aromatic carbocycles. The topological polar surface area (TPSA) is 424 Å². The van der Waals surface area contributed by atoms with Crippen molar-refractivity contribution in [1.29, 1.82) is 0 Å². The van der Waals surface area contributed by atoms with Crippen LogP contribution in [0.25, 0.3) is 11.4 Å². The van der Waals surface area contributed by atoms with E-state index in [4.69, 9.17) is 16.0 Å². The van der Waals surface area contributed by atoms with E-state index in [0.717, 1.165) is 102 Å². The fourth-order valence-corrected chi connectivity index (χ4v) is 14.3. The van der Waals surface area contributed by atoms with E-state index in [-0.39, 0.29) is 41.4 Å². The number of carbonyl (C=O) groups is 7. The average Bonchev–Trinajstić information content (AvgIpc) is 1.80. The van der Waals surface area contributed by atoms with Crippen LogP contribution in [-0.2, 0) is 35.3 Å². The summed E-state index contributed by atoms with van der Waals surface area (Å²) in [7, 11) is 3.98. The van der Waals surface area contributed by atoms with E-state index < -0.39 is 0 Å². The molecule has 0 bridgehead atoms. The first-order chi connectivity index (χ1) is 67.7. The SMILES string of the molecule is C=C(CC)Nc1ccc(C)c(C(=O)Nc2cnc(Cc3cccc(N)c3)nc2)c1.C=CC(=O)Nc1cccc(Cc2ncc(NC(=O)c3cc(NC(=C)c4cccc(N(C)C)c4)ccc3C)cn2)c1.C=CC(=O)Nc1cccc(Cc2ncc(NC(=O)c3cc(NC(=C)c4cnoc4C)ccc3C)cn2)c1.Cc1cc(C)cc(C(=O)Nc2ccc(C)c(C(=O)Nc3cnc(Cc4cccc(N)c4)nc3)c2)c1. The lowest BCUT2D eigenvalue weighted by Gasteiger charge is -2.16. The molecule has 30 heteroatoms. The minimum absolute atomic E-state index is 0.208. The van der Waals surface area contributed by atoms with Crippen LogP contribution in [0.5, 0.6) is 0 Å². The molecule has 14 N–H and O–H groups in total. The van der Waals surface area contributed by atoms with Gasteiger partial charge < -0.3 is 74.1 Å². The first-order valence-corrected chi connectivity index (χ1v) is 44.9. The number of carbonyl (C=O) groups excluding carboxylic acids is 7. The lowest BCUT2D eigenvalue weighted by atomic mass is 10.1. The number of aryl methyl sites for hydroxylation is 7. The number of anilines is 13. The van der Waals surface area contributed by atoms with Gasteiger partial charge in [0.1, 0.15) is 29.1 Å². The number of nitrogens with one attached hydrogen (secondary N) is 10. The molecule has 15 aromatic rings. The number of benzene rings is 10. The van der Waals surface area contributed by atoms with Gasteiger partial charge in [-0.3, -0.25) is 33.6 Å². The van der Waals surface area contributed by atoms with E-state index in [0.29, 0.717) is 145 Å². The van der Waals surface area contributed by atoms with E-state index in [1.54, 1.807) is 105 Å². The molecule has 7 amide bonds. The van der Waals surface area contributed by atoms with Crippen molar-refractivity contribution in [2.75, 3.05) is 83.6 Å². The highest BCUT2D eigenvalue weighted by molar-refractivity contribution is 6.10. The van der Waals surface area contributed by atoms with Gasteiger partial charge in [-0.05, 0) is 238 Å². The number of nitrogen functional groups attached to an aromatic ring is 2. The Hall–Kier alpha value is -18.5. The molecule has 141 heavy (non-hydrogen) atoms. The summed E-state index contributed by atoms with van der Waals surface area (Å²) in [6.45, 7) is 34.3. The molecule has 0 saturated heterocycles. The number of nitrogens with two attached hydrogens (primary N) is 2. The van der Waals surface area contributed by atoms with Crippen molar-refractivity contribution >= 4 is 127 Å². The summed E-state index contributed by atoms with van der Waals surface area (Å²) in [5.74, 6) is 1.27. The van der Waals surface area contributed by atoms with Crippen molar-refractivity contribution in [3.05, 3.63) is 442 Å². The maximum Gasteiger partial charge on any atom is 0.256 e. The van der Waals surface area contributed by atoms with Crippen LogP contribution in [0.4, 0.5) is 73.9 Å². The number of aromatic nitrogens is 9. The van der Waals surface area contributed by atoms with Gasteiger partial charge in [0.15, 0.2) is 0 Å². The number of hydrogen-bond acceptors (Lipinski definition) is 23. The number of hydrogen-bond donors (Lipinski definition) is 12. The van der Waals surface area contributed by atoms with Crippen LogP contribution in [0.2, 0.25) is 0 Å². The predicted octanol–water partition coefficient (Wildman–Crippen LogP) is 20.7. The normalized spacial score (nSPS) is 10.5. The van der Waals surface area contributed by atoms with Crippen LogP contribution >= 0.6 is 0 Å². The van der Waals surface area contributed by atoms with Crippen molar-refractivity contribution in [2.45, 2.75) is 87.5 Å². The molecule has 0 aliphatic rings. The van der Waals surface area contributed by atoms with Crippen molar-refractivity contribution in [1.82, 2.24) is 45.0 Å². The zero-order chi connectivity index (χ0) is 101. The monoisotopic (exact) mass is 1880 g/mol. The molecule has 0 aliphatic heterocycles. The molecule has 0 saturated carbocycles. The zero-order valence-corrected chi connectivity index (χ0v) is 80.0. The molecular weight excluding hydrogens is 1770 g/mol. The van der Waals surface area contributed by atoms with Crippen molar-refractivity contribution in [3.63, 3.8) is 0 Å². The largest absolute Gasteiger partial charge is 0.399 e. The summed E-state index contributed by atoms with van der Waals surface area (Å²) < 4.78 is 5.09. The summed E-state index contributed by atoms with van der Waals surface area (Å²) in [6.07, 6.45) is 19.6. The highest BCUT2D eigenvalue weighted by Gasteiger charge is 2.21. The number of amides is 7. The fourth-order valence-electron chi connectivity index (χ4n) is 14.3. The van der Waals surface area contributed by atoms with E-state index in [1.165, 1.54) is 12.2 Å². The molecule has 30 nitrogen and oxygen atoms in total. The van der Waals surface area contributed by atoms with Crippen LogP contribution in [0.1, 0.15) is 161 Å². The third-order valence-electron chi connectivity index (χ3n) is 21.8. The van der Waals surface area contributed by atoms with Crippen LogP contribution in [0.15, 0.2) is 323 Å². The van der Waals surface area contributed by atoms with Crippen LogP contribution in [0, 0.1) is 48.5 Å². The predicted molar refractivity (Wildman–Crippen MR) is 562 cm³/mol. The standard InChI is InChI=1S/C32H32N6O2.C28H26N6O3.C28H27N5O2.C23H25N5O/c1-6-31(39)36-25-11-7-9-23(15-25)16-30-33-19-27(20-34-30)37-32(40)29-18-26(14-13-21(29)2)35-22(3)24-10-8-12-28(17-24)38(4)5;1-5-27(35)33-21-8-6-7-20(11-21)12-26-29-14-23(15-30-26)34-28(36)24-13-22(10-9-17(24)2)32-18(3)25-16-31-37-19(25)4;1-17-9-18(2)11-21(10-17)27(34)32-23-8-7-19(3)25(14-23)28(35)33-24-15-30-26(31-16-24)13-20-5-4-6-22(29)12-20;1-4-16(3)27-19-9-8-15(2)21(12-19)23(29)28-20-13-25-22(26-14-20)11-17-6-5-7-18(24)10-17/h6-15,17-20,35H,1,3,16H2,2,4-5H3,(H,36,39)(H,37,40);5-11,13-16,32H,1,3,12H2,2,4H3,(H,33,35)(H,34,36);4-12,14-16H,13,29H2,1-3H3,(H,32,34)(H,33,35);5-10,12-14,27H,3-4,11,24H2,1-2H3,(H,28,29). The third kappa shape index (κ3) is 30.3. The molecule has 5 heterocycles. The van der Waals surface area contributed by atoms with Gasteiger partial charge >= 0.3 is 0 Å². The summed E-state index contributed by atoms with van der Waals surface area (Å²) in [5.41, 5.74) is 36.1. The Bertz CT molecular complexity index is 7120. The highest BCUT2D eigenvalue weighted by atomic mass is 16.5. The molecular formula is C111H110N22O8. The lowest BCUT2D eigenvalue weighted by molar-refractivity contribution is -0.112. The van der Waals surface area contributed by atoms with Crippen molar-refractivity contribution < 1.29 is 38.1 Å². The maximum atomic E-state index is 13.1. The Balaban J connectivity index is 0.000000169. The van der Waals surface area contributed by atoms with Gasteiger partial charge in [0.05, 0.1) is 84.1 Å². The number of allylic oxidation sites excluding steroid dienone is 1. The van der Waals surface area contributed by atoms with Gasteiger partial charge in [-0.25, -0.2) is 39.9 Å². The Kier molecular flexibility index (Phi) is 35.0. The molecule has 15 rings (SSSR count). The van der Waals surface area contributed by atoms with E-state index >= 15 is 0 Å². The second-order valence-electron chi connectivity index (χ2n) is 33.3. The molecule has 712 valence electrons. The summed E-state index contributed by atoms with van der Waals surface area (Å²) >= 11 is 0. The highest BCUT2D eigenvalue weighted by Crippen LogP contribution is 2.30. The second-order valence-corrected chi connectivity index (χ2v) is 33.3. The van der Waals surface area contributed by atoms with Gasteiger partial charge in [-0.15, -0.1) is 0 Å². The van der Waals surface area contributed by atoms with Crippen LogP contribution < -0.4 is 69.5 Å². The quantitative estimate of drug-likeness (QED) is 0.0138. The smallest absolute Gasteiger partial charge is 0.256 e. The minimum atomic E-state index is -0.308. The summed E-state index contributed by atoms with van der Waals surface area (Å²) in [4.78, 5) is 125. The molecule has 0 radical (unpaired) electrons. The van der Waals surface area contributed by atoms with E-state index in [2.05, 4.69) is 137 Å². The fraction of sp³-hybridized carbons (Fsp3) is 0.135.